The van der Waals surface area contributed by atoms with Crippen molar-refractivity contribution in [3.05, 3.63) is 35.9 Å². The van der Waals surface area contributed by atoms with Crippen LogP contribution >= 0.6 is 0 Å². The molecular weight excluding hydrogens is 336 g/mol. The van der Waals surface area contributed by atoms with Crippen molar-refractivity contribution in [2.45, 2.75) is 90.4 Å². The van der Waals surface area contributed by atoms with Gasteiger partial charge in [-0.15, -0.1) is 0 Å². The first-order valence-corrected chi connectivity index (χ1v) is 10.4. The quantitative estimate of drug-likeness (QED) is 0.816. The Morgan fingerprint density at radius 1 is 1.07 bits per heavy atom. The lowest BCUT2D eigenvalue weighted by atomic mass is 9.79. The zero-order valence-corrected chi connectivity index (χ0v) is 17.8. The summed E-state index contributed by atoms with van der Waals surface area (Å²) in [6.07, 6.45) is 3.02. The third kappa shape index (κ3) is 5.25. The number of carbonyl (C=O) groups excluding carboxylic acids is 1. The van der Waals surface area contributed by atoms with Crippen molar-refractivity contribution in [2.75, 3.05) is 6.54 Å². The number of nitrogens with one attached hydrogen (secondary N) is 1. The van der Waals surface area contributed by atoms with E-state index in [1.165, 1.54) is 12.0 Å². The van der Waals surface area contributed by atoms with Crippen molar-refractivity contribution in [1.82, 2.24) is 10.2 Å². The molecule has 1 aromatic carbocycles. The van der Waals surface area contributed by atoms with Crippen LogP contribution in [0.15, 0.2) is 30.3 Å². The van der Waals surface area contributed by atoms with E-state index in [1.807, 2.05) is 25.7 Å². The molecule has 1 aromatic rings. The number of hydrogen-bond donors (Lipinski definition) is 1. The first kappa shape index (κ1) is 20.2. The van der Waals surface area contributed by atoms with E-state index in [-0.39, 0.29) is 17.6 Å². The van der Waals surface area contributed by atoms with Crippen LogP contribution in [-0.4, -0.2) is 41.3 Å². The number of carbonyl (C=O) groups is 1. The first-order valence-electron chi connectivity index (χ1n) is 10.4. The fourth-order valence-corrected chi connectivity index (χ4v) is 4.23. The number of amides is 1. The van der Waals surface area contributed by atoms with E-state index in [2.05, 4.69) is 56.4 Å². The maximum atomic E-state index is 12.7. The number of benzene rings is 1. The summed E-state index contributed by atoms with van der Waals surface area (Å²) in [6.45, 7) is 13.2. The van der Waals surface area contributed by atoms with Crippen LogP contribution < -0.4 is 5.32 Å². The average Bonchev–Trinajstić information content (AvgIpc) is 3.32. The summed E-state index contributed by atoms with van der Waals surface area (Å²) in [7, 11) is 0. The van der Waals surface area contributed by atoms with Crippen LogP contribution in [-0.2, 0) is 4.74 Å². The lowest BCUT2D eigenvalue weighted by molar-refractivity contribution is -0.0117. The Kier molecular flexibility index (Phi) is 5.58. The molecule has 0 spiro atoms. The normalized spacial score (nSPS) is 28.7. The number of piperidine rings is 1. The van der Waals surface area contributed by atoms with E-state index in [9.17, 15) is 4.79 Å². The average molecular weight is 373 g/mol. The molecule has 1 saturated carbocycles. The van der Waals surface area contributed by atoms with Gasteiger partial charge >= 0.3 is 6.09 Å². The summed E-state index contributed by atoms with van der Waals surface area (Å²) < 4.78 is 5.67. The van der Waals surface area contributed by atoms with Gasteiger partial charge in [-0.05, 0) is 51.0 Å². The lowest BCUT2D eigenvalue weighted by Gasteiger charge is -2.46. The van der Waals surface area contributed by atoms with Gasteiger partial charge in [0, 0.05) is 30.6 Å². The number of rotatable bonds is 3. The van der Waals surface area contributed by atoms with E-state index in [0.29, 0.717) is 18.0 Å². The Balaban J connectivity index is 1.61. The largest absolute Gasteiger partial charge is 0.444 e. The van der Waals surface area contributed by atoms with Gasteiger partial charge < -0.3 is 15.0 Å². The van der Waals surface area contributed by atoms with Gasteiger partial charge in [0.05, 0.1) is 0 Å². The summed E-state index contributed by atoms with van der Waals surface area (Å²) in [4.78, 5) is 14.7. The Bertz CT molecular complexity index is 645. The number of ether oxygens (including phenoxy) is 1. The second-order valence-electron chi connectivity index (χ2n) is 10.3. The monoisotopic (exact) mass is 372 g/mol. The zero-order chi connectivity index (χ0) is 19.8. The standard InChI is InChI=1S/C23H36N2O2/c1-22(2,3)20-14-17(12-13-25(20)21(26)27-23(4,5)6)24-19-15-18(19)16-10-8-7-9-11-16/h7-11,17-20,24H,12-15H2,1-6H3/t17?,18-,19+,20?/m0/s1. The third-order valence-electron chi connectivity index (χ3n) is 5.70. The van der Waals surface area contributed by atoms with E-state index < -0.39 is 5.60 Å². The van der Waals surface area contributed by atoms with Gasteiger partial charge in [0.15, 0.2) is 0 Å². The molecule has 1 saturated heterocycles. The molecule has 27 heavy (non-hydrogen) atoms. The summed E-state index contributed by atoms with van der Waals surface area (Å²) in [5, 5.41) is 3.87. The lowest BCUT2D eigenvalue weighted by Crippen LogP contribution is -2.56. The fourth-order valence-electron chi connectivity index (χ4n) is 4.23. The molecule has 1 aliphatic heterocycles. The predicted molar refractivity (Wildman–Crippen MR) is 110 cm³/mol. The summed E-state index contributed by atoms with van der Waals surface area (Å²) in [5.74, 6) is 0.642. The smallest absolute Gasteiger partial charge is 0.410 e. The van der Waals surface area contributed by atoms with Gasteiger partial charge in [-0.3, -0.25) is 0 Å². The predicted octanol–water partition coefficient (Wildman–Crippen LogP) is 4.95. The van der Waals surface area contributed by atoms with Gasteiger partial charge in [-0.25, -0.2) is 4.79 Å². The van der Waals surface area contributed by atoms with E-state index in [1.54, 1.807) is 0 Å². The molecule has 2 unspecified atom stereocenters. The van der Waals surface area contributed by atoms with Gasteiger partial charge in [0.1, 0.15) is 5.60 Å². The maximum absolute atomic E-state index is 12.7. The second-order valence-corrected chi connectivity index (χ2v) is 10.3. The van der Waals surface area contributed by atoms with Gasteiger partial charge in [-0.1, -0.05) is 51.1 Å². The SMILES string of the molecule is CC(C)(C)OC(=O)N1CCC(N[C@@H]2C[C@H]2c2ccccc2)CC1C(C)(C)C. The minimum Gasteiger partial charge on any atom is -0.444 e. The molecule has 1 aliphatic carbocycles. The molecule has 3 rings (SSSR count). The molecular formula is C23H36N2O2. The van der Waals surface area contributed by atoms with Crippen molar-refractivity contribution >= 4 is 6.09 Å². The molecule has 2 fully saturated rings. The summed E-state index contributed by atoms with van der Waals surface area (Å²) >= 11 is 0. The van der Waals surface area contributed by atoms with Gasteiger partial charge in [-0.2, -0.15) is 0 Å². The molecule has 1 heterocycles. The molecule has 4 heteroatoms. The Morgan fingerprint density at radius 3 is 2.33 bits per heavy atom. The highest BCUT2D eigenvalue weighted by molar-refractivity contribution is 5.69. The molecule has 4 nitrogen and oxygen atoms in total. The highest BCUT2D eigenvalue weighted by Crippen LogP contribution is 2.42. The molecule has 1 N–H and O–H groups in total. The van der Waals surface area contributed by atoms with Crippen LogP contribution in [0.25, 0.3) is 0 Å². The first-order chi connectivity index (χ1) is 12.5. The van der Waals surface area contributed by atoms with E-state index >= 15 is 0 Å². The molecule has 1 amide bonds. The van der Waals surface area contributed by atoms with Crippen LogP contribution in [0.4, 0.5) is 4.79 Å². The molecule has 150 valence electrons. The fraction of sp³-hybridized carbons (Fsp3) is 0.696. The highest BCUT2D eigenvalue weighted by atomic mass is 16.6. The maximum Gasteiger partial charge on any atom is 0.410 e. The Labute approximate surface area is 164 Å². The van der Waals surface area contributed by atoms with Crippen LogP contribution in [0.3, 0.4) is 0 Å². The van der Waals surface area contributed by atoms with Crippen LogP contribution in [0, 0.1) is 5.41 Å². The molecule has 0 radical (unpaired) electrons. The Hall–Kier alpha value is -1.55. The van der Waals surface area contributed by atoms with E-state index in [4.69, 9.17) is 4.74 Å². The van der Waals surface area contributed by atoms with E-state index in [0.717, 1.165) is 19.4 Å². The highest BCUT2D eigenvalue weighted by Gasteiger charge is 2.44. The minimum absolute atomic E-state index is 0.0274. The van der Waals surface area contributed by atoms with Crippen molar-refractivity contribution in [2.24, 2.45) is 5.41 Å². The molecule has 0 aromatic heterocycles. The van der Waals surface area contributed by atoms with Crippen LogP contribution in [0.5, 0.6) is 0 Å². The second kappa shape index (κ2) is 7.46. The molecule has 2 aliphatic rings. The zero-order valence-electron chi connectivity index (χ0n) is 17.8. The Morgan fingerprint density at radius 2 is 1.74 bits per heavy atom. The van der Waals surface area contributed by atoms with Crippen LogP contribution in [0.1, 0.15) is 72.3 Å². The number of likely N-dealkylation sites (tertiary alicyclic amines) is 1. The van der Waals surface area contributed by atoms with Gasteiger partial charge in [0.25, 0.3) is 0 Å². The summed E-state index contributed by atoms with van der Waals surface area (Å²) in [5.41, 5.74) is 1.01. The molecule has 0 bridgehead atoms. The number of hydrogen-bond acceptors (Lipinski definition) is 3. The van der Waals surface area contributed by atoms with Crippen LogP contribution in [0.2, 0.25) is 0 Å². The van der Waals surface area contributed by atoms with Crippen molar-refractivity contribution in [3.63, 3.8) is 0 Å². The van der Waals surface area contributed by atoms with Crippen molar-refractivity contribution < 1.29 is 9.53 Å². The van der Waals surface area contributed by atoms with Crippen molar-refractivity contribution in [1.29, 1.82) is 0 Å². The van der Waals surface area contributed by atoms with Crippen molar-refractivity contribution in [3.8, 4) is 0 Å². The topological polar surface area (TPSA) is 41.6 Å². The minimum atomic E-state index is -0.453. The number of nitrogens with zero attached hydrogens (tertiary/aromatic N) is 1. The van der Waals surface area contributed by atoms with Gasteiger partial charge in [0.2, 0.25) is 0 Å². The molecule has 4 atom stereocenters. The third-order valence-corrected chi connectivity index (χ3v) is 5.70. The summed E-state index contributed by atoms with van der Waals surface area (Å²) in [6, 6.07) is 12.0.